The average molecular weight is 431 g/mol. The Morgan fingerprint density at radius 2 is 1.83 bits per heavy atom. The molecule has 2 aromatic carbocycles. The van der Waals surface area contributed by atoms with Crippen molar-refractivity contribution in [3.63, 3.8) is 0 Å². The van der Waals surface area contributed by atoms with E-state index in [1.165, 1.54) is 11.3 Å². The van der Waals surface area contributed by atoms with Crippen LogP contribution in [-0.2, 0) is 6.54 Å². The molecule has 0 bridgehead atoms. The molecule has 0 fully saturated rings. The highest BCUT2D eigenvalue weighted by molar-refractivity contribution is 7.15. The number of benzene rings is 2. The summed E-state index contributed by atoms with van der Waals surface area (Å²) in [5.41, 5.74) is 2.30. The number of thiazole rings is 1. The molecule has 7 heteroatoms. The number of carbonyl (C=O) groups excluding carboxylic acids is 1. The highest BCUT2D eigenvalue weighted by Gasteiger charge is 2.15. The van der Waals surface area contributed by atoms with Gasteiger partial charge in [0.2, 0.25) is 0 Å². The Morgan fingerprint density at radius 1 is 1.10 bits per heavy atom. The number of hydrogen-bond acceptors (Lipinski definition) is 5. The minimum absolute atomic E-state index is 0.180. The monoisotopic (exact) mass is 430 g/mol. The molecule has 0 unspecified atom stereocenters. The third kappa shape index (κ3) is 5.08. The van der Waals surface area contributed by atoms with Crippen molar-refractivity contribution in [1.29, 1.82) is 0 Å². The van der Waals surface area contributed by atoms with Crippen LogP contribution < -0.4 is 14.8 Å². The molecule has 1 aromatic heterocycles. The van der Waals surface area contributed by atoms with Crippen molar-refractivity contribution in [2.45, 2.75) is 27.3 Å². The van der Waals surface area contributed by atoms with Crippen LogP contribution in [0.5, 0.6) is 11.5 Å². The molecule has 152 valence electrons. The Balaban J connectivity index is 1.73. The lowest BCUT2D eigenvalue weighted by Gasteiger charge is -2.12. The first-order valence-corrected chi connectivity index (χ1v) is 10.6. The number of amides is 1. The third-order valence-electron chi connectivity index (χ3n) is 4.21. The molecular weight excluding hydrogens is 408 g/mol. The number of aryl methyl sites for hydroxylation is 1. The Hall–Kier alpha value is -2.57. The topological polar surface area (TPSA) is 60.5 Å². The van der Waals surface area contributed by atoms with Crippen LogP contribution in [0.4, 0.5) is 0 Å². The van der Waals surface area contributed by atoms with Gasteiger partial charge in [0, 0.05) is 16.0 Å². The highest BCUT2D eigenvalue weighted by atomic mass is 35.5. The lowest BCUT2D eigenvalue weighted by Crippen LogP contribution is -2.22. The van der Waals surface area contributed by atoms with Crippen molar-refractivity contribution in [2.75, 3.05) is 13.2 Å². The maximum absolute atomic E-state index is 12.6. The quantitative estimate of drug-likeness (QED) is 0.512. The van der Waals surface area contributed by atoms with Gasteiger partial charge in [0.05, 0.1) is 30.5 Å². The maximum atomic E-state index is 12.6. The van der Waals surface area contributed by atoms with Gasteiger partial charge < -0.3 is 14.8 Å². The van der Waals surface area contributed by atoms with E-state index in [1.54, 1.807) is 18.2 Å². The third-order valence-corrected chi connectivity index (χ3v) is 5.73. The molecule has 3 aromatic rings. The predicted octanol–water partition coefficient (Wildman–Crippen LogP) is 5.50. The van der Waals surface area contributed by atoms with E-state index in [9.17, 15) is 4.79 Å². The first-order chi connectivity index (χ1) is 14.0. The van der Waals surface area contributed by atoms with Gasteiger partial charge >= 0.3 is 0 Å². The van der Waals surface area contributed by atoms with Crippen LogP contribution in [-0.4, -0.2) is 24.1 Å². The van der Waals surface area contributed by atoms with E-state index in [4.69, 9.17) is 21.1 Å². The molecule has 0 aliphatic carbocycles. The summed E-state index contributed by atoms with van der Waals surface area (Å²) in [6.07, 6.45) is 0. The lowest BCUT2D eigenvalue weighted by molar-refractivity contribution is 0.0950. The van der Waals surface area contributed by atoms with E-state index >= 15 is 0 Å². The van der Waals surface area contributed by atoms with Gasteiger partial charge in [0.1, 0.15) is 5.01 Å². The lowest BCUT2D eigenvalue weighted by atomic mass is 10.2. The summed E-state index contributed by atoms with van der Waals surface area (Å²) in [5.74, 6) is 1.02. The van der Waals surface area contributed by atoms with Gasteiger partial charge in [0.15, 0.2) is 11.5 Å². The summed E-state index contributed by atoms with van der Waals surface area (Å²) in [6, 6.07) is 12.8. The zero-order chi connectivity index (χ0) is 20.8. The molecule has 0 atom stereocenters. The number of halogens is 1. The molecular formula is C22H23ClN2O3S. The molecule has 0 spiro atoms. The molecule has 0 aliphatic rings. The van der Waals surface area contributed by atoms with Crippen molar-refractivity contribution in [3.8, 4) is 22.1 Å². The zero-order valence-corrected chi connectivity index (χ0v) is 18.2. The fourth-order valence-corrected chi connectivity index (χ4v) is 4.12. The average Bonchev–Trinajstić information content (AvgIpc) is 3.08. The van der Waals surface area contributed by atoms with Crippen molar-refractivity contribution in [2.24, 2.45) is 0 Å². The number of carbonyl (C=O) groups is 1. The number of rotatable bonds is 8. The summed E-state index contributed by atoms with van der Waals surface area (Å²) in [4.78, 5) is 18.2. The van der Waals surface area contributed by atoms with E-state index < -0.39 is 0 Å². The second kappa shape index (κ2) is 9.76. The molecule has 0 saturated carbocycles. The minimum Gasteiger partial charge on any atom is -0.490 e. The van der Waals surface area contributed by atoms with E-state index in [1.807, 2.05) is 45.0 Å². The van der Waals surface area contributed by atoms with Crippen molar-refractivity contribution in [1.82, 2.24) is 10.3 Å². The molecule has 1 amide bonds. The van der Waals surface area contributed by atoms with Crippen LogP contribution in [0.15, 0.2) is 42.5 Å². The van der Waals surface area contributed by atoms with Crippen LogP contribution in [0.25, 0.3) is 10.6 Å². The Bertz CT molecular complexity index is 1000. The number of ether oxygens (including phenoxy) is 2. The number of nitrogens with zero attached hydrogens (tertiary/aromatic N) is 1. The molecule has 1 N–H and O–H groups in total. The Labute approximate surface area is 179 Å². The molecule has 0 radical (unpaired) electrons. The maximum Gasteiger partial charge on any atom is 0.251 e. The smallest absolute Gasteiger partial charge is 0.251 e. The first kappa shape index (κ1) is 21.1. The van der Waals surface area contributed by atoms with Gasteiger partial charge in [-0.25, -0.2) is 4.98 Å². The normalized spacial score (nSPS) is 10.6. The van der Waals surface area contributed by atoms with E-state index in [0.717, 1.165) is 21.1 Å². The second-order valence-electron chi connectivity index (χ2n) is 6.22. The predicted molar refractivity (Wildman–Crippen MR) is 117 cm³/mol. The molecule has 1 heterocycles. The summed E-state index contributed by atoms with van der Waals surface area (Å²) in [6.45, 7) is 7.16. The molecule has 3 rings (SSSR count). The van der Waals surface area contributed by atoms with Crippen LogP contribution in [0.3, 0.4) is 0 Å². The largest absolute Gasteiger partial charge is 0.490 e. The fourth-order valence-electron chi connectivity index (χ4n) is 2.80. The van der Waals surface area contributed by atoms with Crippen LogP contribution in [0, 0.1) is 6.92 Å². The number of aromatic nitrogens is 1. The molecule has 0 aliphatic heterocycles. The molecule has 29 heavy (non-hydrogen) atoms. The standard InChI is InChI=1S/C22H23ClN2O3S/c1-4-27-18-11-10-15(12-19(18)28-5-2)21(26)24-13-20-14(3)25-22(29-20)16-8-6-7-9-17(16)23/h6-12H,4-5,13H2,1-3H3,(H,24,26). The van der Waals surface area contributed by atoms with Crippen LogP contribution in [0.2, 0.25) is 5.02 Å². The highest BCUT2D eigenvalue weighted by Crippen LogP contribution is 2.33. The summed E-state index contributed by atoms with van der Waals surface area (Å²) < 4.78 is 11.2. The Kier molecular flexibility index (Phi) is 7.12. The van der Waals surface area contributed by atoms with Gasteiger partial charge in [0.25, 0.3) is 5.91 Å². The molecule has 5 nitrogen and oxygen atoms in total. The molecule has 0 saturated heterocycles. The van der Waals surface area contributed by atoms with Crippen molar-refractivity contribution in [3.05, 3.63) is 63.6 Å². The fraction of sp³-hybridized carbons (Fsp3) is 0.273. The summed E-state index contributed by atoms with van der Waals surface area (Å²) in [7, 11) is 0. The van der Waals surface area contributed by atoms with E-state index in [0.29, 0.717) is 41.8 Å². The van der Waals surface area contributed by atoms with Gasteiger partial charge in [-0.05, 0) is 45.0 Å². The van der Waals surface area contributed by atoms with Gasteiger partial charge in [-0.3, -0.25) is 4.79 Å². The van der Waals surface area contributed by atoms with Gasteiger partial charge in [-0.2, -0.15) is 0 Å². The number of hydrogen-bond donors (Lipinski definition) is 1. The SMILES string of the molecule is CCOc1ccc(C(=O)NCc2sc(-c3ccccc3Cl)nc2C)cc1OCC. The van der Waals surface area contributed by atoms with Crippen LogP contribution in [0.1, 0.15) is 34.8 Å². The summed E-state index contributed by atoms with van der Waals surface area (Å²) >= 11 is 7.81. The zero-order valence-electron chi connectivity index (χ0n) is 16.6. The minimum atomic E-state index is -0.180. The van der Waals surface area contributed by atoms with E-state index in [2.05, 4.69) is 10.3 Å². The van der Waals surface area contributed by atoms with Gasteiger partial charge in [-0.15, -0.1) is 11.3 Å². The summed E-state index contributed by atoms with van der Waals surface area (Å²) in [5, 5.41) is 4.46. The first-order valence-electron chi connectivity index (χ1n) is 9.42. The Morgan fingerprint density at radius 3 is 2.55 bits per heavy atom. The van der Waals surface area contributed by atoms with E-state index in [-0.39, 0.29) is 5.91 Å². The van der Waals surface area contributed by atoms with Crippen molar-refractivity contribution >= 4 is 28.8 Å². The number of nitrogens with one attached hydrogen (secondary N) is 1. The van der Waals surface area contributed by atoms with Gasteiger partial charge in [-0.1, -0.05) is 29.8 Å². The second-order valence-corrected chi connectivity index (χ2v) is 7.71. The van der Waals surface area contributed by atoms with Crippen molar-refractivity contribution < 1.29 is 14.3 Å². The van der Waals surface area contributed by atoms with Crippen LogP contribution >= 0.6 is 22.9 Å².